The predicted molar refractivity (Wildman–Crippen MR) is 69.8 cm³/mol. The number of hydrogen-bond donors (Lipinski definition) is 2. The van der Waals surface area contributed by atoms with Gasteiger partial charge in [-0.2, -0.15) is 9.36 Å². The molecule has 0 bridgehead atoms. The van der Waals surface area contributed by atoms with E-state index >= 15 is 0 Å². The second kappa shape index (κ2) is 6.65. The molecule has 0 atom stereocenters. The molecule has 0 aliphatic rings. The van der Waals surface area contributed by atoms with Gasteiger partial charge in [0.15, 0.2) is 0 Å². The fraction of sp³-hybridized carbons (Fsp3) is 0.800. The molecule has 0 radical (unpaired) electrons. The molecule has 92 valence electrons. The molecule has 1 rings (SSSR count). The predicted octanol–water partition coefficient (Wildman–Crippen LogP) is 1.65. The summed E-state index contributed by atoms with van der Waals surface area (Å²) >= 11 is 1.31. The van der Waals surface area contributed by atoms with Crippen LogP contribution in [-0.4, -0.2) is 40.4 Å². The Morgan fingerprint density at radius 1 is 1.44 bits per heavy atom. The molecule has 6 heteroatoms. The molecule has 3 N–H and O–H groups in total. The van der Waals surface area contributed by atoms with Crippen LogP contribution in [0.15, 0.2) is 0 Å². The zero-order valence-corrected chi connectivity index (χ0v) is 11.0. The van der Waals surface area contributed by atoms with Crippen LogP contribution >= 0.6 is 11.5 Å². The van der Waals surface area contributed by atoms with E-state index in [1.165, 1.54) is 18.0 Å². The molecule has 16 heavy (non-hydrogen) atoms. The van der Waals surface area contributed by atoms with E-state index < -0.39 is 0 Å². The lowest BCUT2D eigenvalue weighted by Gasteiger charge is -2.20. The Bertz CT molecular complexity index is 299. The SMILES string of the molecule is CC(C)N(C)CCCCNc1nc(N)ns1. The average molecular weight is 243 g/mol. The van der Waals surface area contributed by atoms with E-state index in [4.69, 9.17) is 5.73 Å². The van der Waals surface area contributed by atoms with E-state index in [0.29, 0.717) is 12.0 Å². The number of aromatic nitrogens is 2. The standard InChI is InChI=1S/C10H21N5S/c1-8(2)15(3)7-5-4-6-12-10-13-9(11)14-16-10/h8H,4-7H2,1-3H3,(H3,11,12,13,14). The maximum absolute atomic E-state index is 5.42. The highest BCUT2D eigenvalue weighted by Gasteiger charge is 2.02. The number of rotatable bonds is 7. The van der Waals surface area contributed by atoms with Gasteiger partial charge in [0.1, 0.15) is 0 Å². The highest BCUT2D eigenvalue weighted by molar-refractivity contribution is 7.09. The highest BCUT2D eigenvalue weighted by atomic mass is 32.1. The molecule has 0 amide bonds. The molecule has 0 unspecified atom stereocenters. The molecule has 0 saturated carbocycles. The van der Waals surface area contributed by atoms with Gasteiger partial charge in [-0.25, -0.2) is 0 Å². The molecule has 0 fully saturated rings. The van der Waals surface area contributed by atoms with Gasteiger partial charge in [-0.1, -0.05) is 0 Å². The topological polar surface area (TPSA) is 67.1 Å². The second-order valence-electron chi connectivity index (χ2n) is 4.17. The zero-order valence-electron chi connectivity index (χ0n) is 10.2. The van der Waals surface area contributed by atoms with E-state index in [2.05, 4.69) is 40.5 Å². The Kier molecular flexibility index (Phi) is 5.48. The summed E-state index contributed by atoms with van der Waals surface area (Å²) < 4.78 is 3.90. The smallest absolute Gasteiger partial charge is 0.233 e. The van der Waals surface area contributed by atoms with Crippen molar-refractivity contribution in [1.29, 1.82) is 0 Å². The quantitative estimate of drug-likeness (QED) is 0.713. The lowest BCUT2D eigenvalue weighted by atomic mass is 10.2. The van der Waals surface area contributed by atoms with Crippen molar-refractivity contribution in [2.24, 2.45) is 0 Å². The first kappa shape index (κ1) is 13.2. The van der Waals surface area contributed by atoms with E-state index in [1.807, 2.05) is 0 Å². The van der Waals surface area contributed by atoms with E-state index in [-0.39, 0.29) is 0 Å². The van der Waals surface area contributed by atoms with Crippen molar-refractivity contribution in [1.82, 2.24) is 14.3 Å². The first-order valence-electron chi connectivity index (χ1n) is 5.63. The molecule has 1 aromatic rings. The van der Waals surface area contributed by atoms with Crippen molar-refractivity contribution >= 4 is 22.6 Å². The zero-order chi connectivity index (χ0) is 12.0. The lowest BCUT2D eigenvalue weighted by Crippen LogP contribution is -2.27. The number of unbranched alkanes of at least 4 members (excludes halogenated alkanes) is 1. The van der Waals surface area contributed by atoms with Crippen molar-refractivity contribution in [2.45, 2.75) is 32.7 Å². The molecule has 0 spiro atoms. The monoisotopic (exact) mass is 243 g/mol. The number of nitrogens with zero attached hydrogens (tertiary/aromatic N) is 3. The molecule has 0 aromatic carbocycles. The third-order valence-corrected chi connectivity index (χ3v) is 3.22. The molecule has 1 aromatic heterocycles. The van der Waals surface area contributed by atoms with Gasteiger partial charge in [0, 0.05) is 24.1 Å². The van der Waals surface area contributed by atoms with Crippen LogP contribution in [0, 0.1) is 0 Å². The summed E-state index contributed by atoms with van der Waals surface area (Å²) in [6.07, 6.45) is 2.33. The number of anilines is 2. The van der Waals surface area contributed by atoms with Crippen LogP contribution in [0.5, 0.6) is 0 Å². The van der Waals surface area contributed by atoms with Crippen LogP contribution in [0.3, 0.4) is 0 Å². The van der Waals surface area contributed by atoms with Crippen LogP contribution < -0.4 is 11.1 Å². The van der Waals surface area contributed by atoms with Crippen molar-refractivity contribution in [3.05, 3.63) is 0 Å². The minimum absolute atomic E-state index is 0.354. The Hall–Kier alpha value is -0.880. The van der Waals surface area contributed by atoms with Crippen molar-refractivity contribution < 1.29 is 0 Å². The largest absolute Gasteiger partial charge is 0.367 e. The van der Waals surface area contributed by atoms with Gasteiger partial charge in [0.2, 0.25) is 11.1 Å². The first-order valence-corrected chi connectivity index (χ1v) is 6.40. The summed E-state index contributed by atoms with van der Waals surface area (Å²) in [6, 6.07) is 0.621. The summed E-state index contributed by atoms with van der Waals surface area (Å²) in [5, 5.41) is 4.03. The van der Waals surface area contributed by atoms with Crippen molar-refractivity contribution in [3.63, 3.8) is 0 Å². The summed E-state index contributed by atoms with van der Waals surface area (Å²) in [6.45, 7) is 6.49. The maximum atomic E-state index is 5.42. The maximum Gasteiger partial charge on any atom is 0.233 e. The van der Waals surface area contributed by atoms with Gasteiger partial charge in [0.05, 0.1) is 0 Å². The highest BCUT2D eigenvalue weighted by Crippen LogP contribution is 2.11. The Labute approximate surface area is 101 Å². The Morgan fingerprint density at radius 3 is 2.75 bits per heavy atom. The fourth-order valence-corrected chi connectivity index (χ4v) is 1.77. The number of nitrogen functional groups attached to an aromatic ring is 1. The van der Waals surface area contributed by atoms with Crippen LogP contribution in [0.1, 0.15) is 26.7 Å². The molecule has 1 heterocycles. The molecule has 5 nitrogen and oxygen atoms in total. The van der Waals surface area contributed by atoms with Gasteiger partial charge in [0.25, 0.3) is 0 Å². The fourth-order valence-electron chi connectivity index (χ4n) is 1.25. The summed E-state index contributed by atoms with van der Waals surface area (Å²) in [7, 11) is 2.16. The minimum atomic E-state index is 0.354. The van der Waals surface area contributed by atoms with E-state index in [1.54, 1.807) is 0 Å². The van der Waals surface area contributed by atoms with Crippen molar-refractivity contribution in [3.8, 4) is 0 Å². The third-order valence-electron chi connectivity index (χ3n) is 2.54. The van der Waals surface area contributed by atoms with Gasteiger partial charge in [-0.3, -0.25) is 0 Å². The van der Waals surface area contributed by atoms with Crippen LogP contribution in [0.25, 0.3) is 0 Å². The van der Waals surface area contributed by atoms with Crippen molar-refractivity contribution in [2.75, 3.05) is 31.2 Å². The normalized spacial score (nSPS) is 11.3. The molecule has 0 aliphatic carbocycles. The van der Waals surface area contributed by atoms with Crippen LogP contribution in [0.4, 0.5) is 11.1 Å². The molecular formula is C10H21N5S. The number of nitrogens with two attached hydrogens (primary N) is 1. The molecule has 0 saturated heterocycles. The van der Waals surface area contributed by atoms with Crippen LogP contribution in [0.2, 0.25) is 0 Å². The summed E-state index contributed by atoms with van der Waals surface area (Å²) in [5.41, 5.74) is 5.42. The Morgan fingerprint density at radius 2 is 2.19 bits per heavy atom. The van der Waals surface area contributed by atoms with Gasteiger partial charge in [-0.05, 0) is 40.3 Å². The number of hydrogen-bond acceptors (Lipinski definition) is 6. The average Bonchev–Trinajstić information content (AvgIpc) is 2.63. The number of nitrogens with one attached hydrogen (secondary N) is 1. The summed E-state index contributed by atoms with van der Waals surface area (Å²) in [4.78, 5) is 6.39. The minimum Gasteiger partial charge on any atom is -0.367 e. The van der Waals surface area contributed by atoms with E-state index in [0.717, 1.165) is 24.6 Å². The van der Waals surface area contributed by atoms with Gasteiger partial charge in [-0.15, -0.1) is 0 Å². The van der Waals surface area contributed by atoms with E-state index in [9.17, 15) is 0 Å². The first-order chi connectivity index (χ1) is 7.59. The van der Waals surface area contributed by atoms with Gasteiger partial charge < -0.3 is 16.0 Å². The van der Waals surface area contributed by atoms with Crippen LogP contribution in [-0.2, 0) is 0 Å². The molecular weight excluding hydrogens is 222 g/mol. The second-order valence-corrected chi connectivity index (χ2v) is 4.92. The Balaban J connectivity index is 2.04. The lowest BCUT2D eigenvalue weighted by molar-refractivity contribution is 0.269. The van der Waals surface area contributed by atoms with Gasteiger partial charge >= 0.3 is 0 Å². The molecule has 0 aliphatic heterocycles. The third kappa shape index (κ3) is 4.76. The summed E-state index contributed by atoms with van der Waals surface area (Å²) in [5.74, 6) is 0.354.